The molecule has 1 aromatic heterocycles. The lowest BCUT2D eigenvalue weighted by atomic mass is 10.2. The fraction of sp³-hybridized carbons (Fsp3) is 0.583. The van der Waals surface area contributed by atoms with Crippen molar-refractivity contribution in [2.75, 3.05) is 13.7 Å². The summed E-state index contributed by atoms with van der Waals surface area (Å²) in [5.74, 6) is 0.792. The summed E-state index contributed by atoms with van der Waals surface area (Å²) in [4.78, 5) is 4.41. The number of aliphatic hydroxyl groups excluding tert-OH is 1. The smallest absolute Gasteiger partial charge is 0.142 e. The van der Waals surface area contributed by atoms with Crippen LogP contribution in [0.2, 0.25) is 0 Å². The van der Waals surface area contributed by atoms with E-state index in [9.17, 15) is 0 Å². The van der Waals surface area contributed by atoms with Crippen LogP contribution in [-0.4, -0.2) is 29.8 Å². The molecule has 0 aliphatic rings. The van der Waals surface area contributed by atoms with E-state index in [2.05, 4.69) is 10.3 Å². The second-order valence-electron chi connectivity index (χ2n) is 3.91. The van der Waals surface area contributed by atoms with Crippen LogP contribution in [0.15, 0.2) is 12.1 Å². The molecular formula is C12H20N2O2. The van der Waals surface area contributed by atoms with E-state index in [0.29, 0.717) is 19.6 Å². The third kappa shape index (κ3) is 4.16. The average Bonchev–Trinajstić information content (AvgIpc) is 2.21. The summed E-state index contributed by atoms with van der Waals surface area (Å²) in [5, 5.41) is 12.2. The van der Waals surface area contributed by atoms with Gasteiger partial charge in [-0.1, -0.05) is 0 Å². The van der Waals surface area contributed by atoms with Crippen molar-refractivity contribution >= 4 is 0 Å². The Morgan fingerprint density at radius 2 is 2.25 bits per heavy atom. The molecule has 2 N–H and O–H groups in total. The molecule has 0 aliphatic heterocycles. The van der Waals surface area contributed by atoms with Crippen molar-refractivity contribution in [3.63, 3.8) is 0 Å². The van der Waals surface area contributed by atoms with Crippen LogP contribution < -0.4 is 10.1 Å². The average molecular weight is 224 g/mol. The Kier molecular flexibility index (Phi) is 5.22. The molecule has 1 aromatic rings. The molecule has 0 saturated heterocycles. The van der Waals surface area contributed by atoms with Crippen molar-refractivity contribution in [1.82, 2.24) is 10.3 Å². The molecule has 4 heteroatoms. The molecule has 0 spiro atoms. The Bertz CT molecular complexity index is 327. The largest absolute Gasteiger partial charge is 0.492 e. The van der Waals surface area contributed by atoms with E-state index in [-0.39, 0.29) is 6.10 Å². The molecule has 16 heavy (non-hydrogen) atoms. The van der Waals surface area contributed by atoms with E-state index < -0.39 is 0 Å². The van der Waals surface area contributed by atoms with Gasteiger partial charge in [-0.3, -0.25) is 4.98 Å². The molecule has 0 aliphatic carbocycles. The molecule has 90 valence electrons. The van der Waals surface area contributed by atoms with Crippen LogP contribution >= 0.6 is 0 Å². The number of pyridine rings is 1. The van der Waals surface area contributed by atoms with Gasteiger partial charge in [-0.15, -0.1) is 0 Å². The van der Waals surface area contributed by atoms with Crippen molar-refractivity contribution in [1.29, 1.82) is 0 Å². The van der Waals surface area contributed by atoms with E-state index in [1.54, 1.807) is 6.92 Å². The summed E-state index contributed by atoms with van der Waals surface area (Å²) >= 11 is 0. The molecule has 0 saturated carbocycles. The molecule has 1 unspecified atom stereocenters. The summed E-state index contributed by atoms with van der Waals surface area (Å²) < 4.78 is 5.59. The van der Waals surface area contributed by atoms with Crippen LogP contribution in [0.25, 0.3) is 0 Å². The Labute approximate surface area is 96.7 Å². The van der Waals surface area contributed by atoms with Gasteiger partial charge in [-0.05, 0) is 33.0 Å². The quantitative estimate of drug-likeness (QED) is 0.764. The molecule has 1 heterocycles. The minimum Gasteiger partial charge on any atom is -0.492 e. The zero-order valence-corrected chi connectivity index (χ0v) is 10.2. The zero-order chi connectivity index (χ0) is 12.0. The summed E-state index contributed by atoms with van der Waals surface area (Å²) in [6.45, 7) is 4.91. The Balaban J connectivity index is 2.63. The second kappa shape index (κ2) is 6.45. The first kappa shape index (κ1) is 12.9. The minimum atomic E-state index is -0.328. The van der Waals surface area contributed by atoms with Crippen LogP contribution in [-0.2, 0) is 6.54 Å². The van der Waals surface area contributed by atoms with Crippen LogP contribution in [0.3, 0.4) is 0 Å². The molecule has 1 atom stereocenters. The SMILES string of the molecule is CNCc1nc(C)ccc1OCCC(C)O. The molecule has 0 amide bonds. The van der Waals surface area contributed by atoms with Crippen molar-refractivity contribution in [2.24, 2.45) is 0 Å². The highest BCUT2D eigenvalue weighted by atomic mass is 16.5. The lowest BCUT2D eigenvalue weighted by molar-refractivity contribution is 0.155. The Morgan fingerprint density at radius 1 is 1.50 bits per heavy atom. The van der Waals surface area contributed by atoms with Gasteiger partial charge in [0.15, 0.2) is 0 Å². The van der Waals surface area contributed by atoms with E-state index in [0.717, 1.165) is 17.1 Å². The first-order valence-corrected chi connectivity index (χ1v) is 5.55. The summed E-state index contributed by atoms with van der Waals surface area (Å²) in [6.07, 6.45) is 0.304. The highest BCUT2D eigenvalue weighted by Crippen LogP contribution is 2.17. The third-order valence-corrected chi connectivity index (χ3v) is 2.21. The fourth-order valence-corrected chi connectivity index (χ4v) is 1.36. The second-order valence-corrected chi connectivity index (χ2v) is 3.91. The number of nitrogens with one attached hydrogen (secondary N) is 1. The van der Waals surface area contributed by atoms with E-state index >= 15 is 0 Å². The number of rotatable bonds is 6. The zero-order valence-electron chi connectivity index (χ0n) is 10.2. The summed E-state index contributed by atoms with van der Waals surface area (Å²) in [6, 6.07) is 3.86. The molecule has 0 fully saturated rings. The third-order valence-electron chi connectivity index (χ3n) is 2.21. The van der Waals surface area contributed by atoms with Crippen LogP contribution in [0.4, 0.5) is 0 Å². The summed E-state index contributed by atoms with van der Waals surface area (Å²) in [5.41, 5.74) is 1.89. The maximum Gasteiger partial charge on any atom is 0.142 e. The first-order valence-electron chi connectivity index (χ1n) is 5.55. The van der Waals surface area contributed by atoms with Gasteiger partial charge < -0.3 is 15.2 Å². The highest BCUT2D eigenvalue weighted by molar-refractivity contribution is 5.29. The van der Waals surface area contributed by atoms with Crippen molar-refractivity contribution in [3.8, 4) is 5.75 Å². The van der Waals surface area contributed by atoms with E-state index in [1.165, 1.54) is 0 Å². The maximum atomic E-state index is 9.14. The Morgan fingerprint density at radius 3 is 2.88 bits per heavy atom. The minimum absolute atomic E-state index is 0.328. The molecule has 0 aromatic carbocycles. The van der Waals surface area contributed by atoms with Gasteiger partial charge >= 0.3 is 0 Å². The lowest BCUT2D eigenvalue weighted by Crippen LogP contribution is -2.12. The van der Waals surface area contributed by atoms with Crippen molar-refractivity contribution < 1.29 is 9.84 Å². The van der Waals surface area contributed by atoms with Gasteiger partial charge in [0.25, 0.3) is 0 Å². The molecular weight excluding hydrogens is 204 g/mol. The van der Waals surface area contributed by atoms with Gasteiger partial charge in [0, 0.05) is 18.7 Å². The number of aryl methyl sites for hydroxylation is 1. The summed E-state index contributed by atoms with van der Waals surface area (Å²) in [7, 11) is 1.88. The Hall–Kier alpha value is -1.13. The number of ether oxygens (including phenoxy) is 1. The molecule has 4 nitrogen and oxygen atoms in total. The van der Waals surface area contributed by atoms with Crippen molar-refractivity contribution in [3.05, 3.63) is 23.5 Å². The maximum absolute atomic E-state index is 9.14. The number of hydrogen-bond acceptors (Lipinski definition) is 4. The van der Waals surface area contributed by atoms with Crippen LogP contribution in [0, 0.1) is 6.92 Å². The molecule has 0 radical (unpaired) electrons. The monoisotopic (exact) mass is 224 g/mol. The predicted molar refractivity (Wildman–Crippen MR) is 63.5 cm³/mol. The first-order chi connectivity index (χ1) is 7.63. The standard InChI is InChI=1S/C12H20N2O2/c1-9-4-5-12(11(14-9)8-13-3)16-7-6-10(2)15/h4-5,10,13,15H,6-8H2,1-3H3. The fourth-order valence-electron chi connectivity index (χ4n) is 1.36. The molecule has 0 bridgehead atoms. The molecule has 1 rings (SSSR count). The number of aromatic nitrogens is 1. The van der Waals surface area contributed by atoms with Crippen LogP contribution in [0.1, 0.15) is 24.7 Å². The van der Waals surface area contributed by atoms with Crippen molar-refractivity contribution in [2.45, 2.75) is 32.9 Å². The lowest BCUT2D eigenvalue weighted by Gasteiger charge is -2.12. The predicted octanol–water partition coefficient (Wildman–Crippen LogP) is 1.26. The van der Waals surface area contributed by atoms with Gasteiger partial charge in [0.2, 0.25) is 0 Å². The van der Waals surface area contributed by atoms with Gasteiger partial charge in [0.05, 0.1) is 18.4 Å². The number of nitrogens with zero attached hydrogens (tertiary/aromatic N) is 1. The van der Waals surface area contributed by atoms with E-state index in [4.69, 9.17) is 9.84 Å². The van der Waals surface area contributed by atoms with Gasteiger partial charge in [-0.25, -0.2) is 0 Å². The van der Waals surface area contributed by atoms with Gasteiger partial charge in [0.1, 0.15) is 5.75 Å². The number of aliphatic hydroxyl groups is 1. The van der Waals surface area contributed by atoms with E-state index in [1.807, 2.05) is 26.1 Å². The van der Waals surface area contributed by atoms with Crippen LogP contribution in [0.5, 0.6) is 5.75 Å². The number of hydrogen-bond donors (Lipinski definition) is 2. The highest BCUT2D eigenvalue weighted by Gasteiger charge is 2.05. The topological polar surface area (TPSA) is 54.4 Å². The normalized spacial score (nSPS) is 12.5. The van der Waals surface area contributed by atoms with Gasteiger partial charge in [-0.2, -0.15) is 0 Å².